The number of rotatable bonds is 1. The van der Waals surface area contributed by atoms with Crippen LogP contribution in [0.5, 0.6) is 0 Å². The Bertz CT molecular complexity index is 302. The number of nitrogens with zero attached hydrogens (tertiary/aromatic N) is 1. The maximum Gasteiger partial charge on any atom is 0.281 e. The molecule has 5 heteroatoms. The molecule has 0 bridgehead atoms. The van der Waals surface area contributed by atoms with Crippen LogP contribution in [0, 0.1) is 6.92 Å². The van der Waals surface area contributed by atoms with E-state index in [1.165, 1.54) is 6.07 Å². The summed E-state index contributed by atoms with van der Waals surface area (Å²) in [6, 6.07) is 1.44. The Morgan fingerprint density at radius 3 is 2.50 bits per heavy atom. The maximum atomic E-state index is 12.2. The normalized spacial score (nSPS) is 10.8. The Labute approximate surface area is 78.3 Å². The minimum absolute atomic E-state index is 0.0191. The van der Waals surface area contributed by atoms with E-state index in [9.17, 15) is 8.78 Å². The van der Waals surface area contributed by atoms with Crippen LogP contribution < -0.4 is 0 Å². The maximum absolute atomic E-state index is 12.2. The summed E-state index contributed by atoms with van der Waals surface area (Å²) in [6.45, 7) is 1.60. The van der Waals surface area contributed by atoms with Gasteiger partial charge in [0.1, 0.15) is 10.8 Å². The average Bonchev–Trinajstić information content (AvgIpc) is 1.96. The van der Waals surface area contributed by atoms with E-state index < -0.39 is 12.1 Å². The molecule has 0 saturated heterocycles. The zero-order chi connectivity index (χ0) is 9.30. The van der Waals surface area contributed by atoms with Gasteiger partial charge in [0.25, 0.3) is 6.43 Å². The third-order valence-corrected chi connectivity index (χ3v) is 2.03. The first kappa shape index (κ1) is 9.68. The van der Waals surface area contributed by atoms with Crippen molar-refractivity contribution < 1.29 is 8.78 Å². The Morgan fingerprint density at radius 2 is 2.00 bits per heavy atom. The summed E-state index contributed by atoms with van der Waals surface area (Å²) < 4.78 is 24.4. The van der Waals surface area contributed by atoms with E-state index in [2.05, 4.69) is 4.98 Å². The van der Waals surface area contributed by atoms with Crippen LogP contribution in [0.25, 0.3) is 0 Å². The van der Waals surface area contributed by atoms with E-state index in [0.29, 0.717) is 5.56 Å². The highest BCUT2D eigenvalue weighted by Crippen LogP contribution is 2.29. The Hall–Kier alpha value is -0.410. The van der Waals surface area contributed by atoms with Crippen molar-refractivity contribution in [2.75, 3.05) is 0 Å². The molecule has 1 rings (SSSR count). The van der Waals surface area contributed by atoms with E-state index in [1.807, 2.05) is 0 Å². The van der Waals surface area contributed by atoms with Gasteiger partial charge in [-0.15, -0.1) is 0 Å². The number of hydrogen-bond donors (Lipinski definition) is 0. The number of aryl methyl sites for hydroxylation is 1. The molecule has 0 aliphatic carbocycles. The van der Waals surface area contributed by atoms with E-state index in [-0.39, 0.29) is 10.2 Å². The molecule has 1 aromatic rings. The Morgan fingerprint density at radius 1 is 1.42 bits per heavy atom. The standard InChI is InChI=1S/C7H5Cl2F2N/c1-3-2-4(8)12-6(5(3)9)7(10)11/h2,7H,1H3. The molecule has 0 spiro atoms. The third kappa shape index (κ3) is 1.84. The summed E-state index contributed by atoms with van der Waals surface area (Å²) in [5.41, 5.74) is 0.0497. The minimum Gasteiger partial charge on any atom is -0.234 e. The summed E-state index contributed by atoms with van der Waals surface area (Å²) >= 11 is 11.0. The summed E-state index contributed by atoms with van der Waals surface area (Å²) in [7, 11) is 0. The number of halogens is 4. The largest absolute Gasteiger partial charge is 0.281 e. The molecule has 0 unspecified atom stereocenters. The van der Waals surface area contributed by atoms with E-state index in [4.69, 9.17) is 23.2 Å². The first-order valence-electron chi connectivity index (χ1n) is 3.13. The Balaban J connectivity index is 3.28. The van der Waals surface area contributed by atoms with Crippen LogP contribution in [0.4, 0.5) is 8.78 Å². The first-order valence-corrected chi connectivity index (χ1v) is 3.88. The van der Waals surface area contributed by atoms with Crippen molar-refractivity contribution in [3.8, 4) is 0 Å². The van der Waals surface area contributed by atoms with Crippen LogP contribution in [0.15, 0.2) is 6.07 Å². The smallest absolute Gasteiger partial charge is 0.234 e. The van der Waals surface area contributed by atoms with Crippen molar-refractivity contribution in [3.05, 3.63) is 27.5 Å². The predicted octanol–water partition coefficient (Wildman–Crippen LogP) is 3.63. The minimum atomic E-state index is -2.69. The molecule has 0 amide bonds. The summed E-state index contributed by atoms with van der Waals surface area (Å²) in [6.07, 6.45) is -2.69. The molecule has 0 radical (unpaired) electrons. The van der Waals surface area contributed by atoms with Crippen molar-refractivity contribution in [2.24, 2.45) is 0 Å². The van der Waals surface area contributed by atoms with Gasteiger partial charge in [0.15, 0.2) is 0 Å². The van der Waals surface area contributed by atoms with Crippen molar-refractivity contribution in [1.29, 1.82) is 0 Å². The lowest BCUT2D eigenvalue weighted by Crippen LogP contribution is -1.94. The first-order chi connectivity index (χ1) is 5.52. The van der Waals surface area contributed by atoms with Gasteiger partial charge in [-0.05, 0) is 18.6 Å². The topological polar surface area (TPSA) is 12.9 Å². The summed E-state index contributed by atoms with van der Waals surface area (Å²) in [4.78, 5) is 3.42. The van der Waals surface area contributed by atoms with Gasteiger partial charge in [-0.2, -0.15) is 0 Å². The molecule has 1 nitrogen and oxygen atoms in total. The van der Waals surface area contributed by atoms with Gasteiger partial charge in [-0.25, -0.2) is 13.8 Å². The van der Waals surface area contributed by atoms with E-state index in [1.54, 1.807) is 6.92 Å². The van der Waals surface area contributed by atoms with Crippen molar-refractivity contribution in [3.63, 3.8) is 0 Å². The Kier molecular flexibility index (Phi) is 2.85. The van der Waals surface area contributed by atoms with Crippen molar-refractivity contribution in [2.45, 2.75) is 13.3 Å². The van der Waals surface area contributed by atoms with Gasteiger partial charge < -0.3 is 0 Å². The molecule has 1 aromatic heterocycles. The van der Waals surface area contributed by atoms with Crippen LogP contribution in [0.1, 0.15) is 17.7 Å². The zero-order valence-corrected chi connectivity index (χ0v) is 7.63. The van der Waals surface area contributed by atoms with Crippen LogP contribution in [0.2, 0.25) is 10.2 Å². The van der Waals surface area contributed by atoms with Gasteiger partial charge in [-0.3, -0.25) is 0 Å². The van der Waals surface area contributed by atoms with Crippen molar-refractivity contribution >= 4 is 23.2 Å². The molecule has 0 aliphatic heterocycles. The molecule has 0 atom stereocenters. The number of hydrogen-bond acceptors (Lipinski definition) is 1. The molecule has 12 heavy (non-hydrogen) atoms. The number of aromatic nitrogens is 1. The van der Waals surface area contributed by atoms with Gasteiger partial charge in [-0.1, -0.05) is 23.2 Å². The number of alkyl halides is 2. The molecule has 0 aromatic carbocycles. The monoisotopic (exact) mass is 211 g/mol. The molecule has 1 heterocycles. The zero-order valence-electron chi connectivity index (χ0n) is 6.11. The van der Waals surface area contributed by atoms with Gasteiger partial charge >= 0.3 is 0 Å². The third-order valence-electron chi connectivity index (χ3n) is 1.34. The summed E-state index contributed by atoms with van der Waals surface area (Å²) in [5.74, 6) is 0. The molecule has 0 N–H and O–H groups in total. The van der Waals surface area contributed by atoms with Crippen LogP contribution >= 0.6 is 23.2 Å². The van der Waals surface area contributed by atoms with E-state index in [0.717, 1.165) is 0 Å². The average molecular weight is 212 g/mol. The lowest BCUT2D eigenvalue weighted by atomic mass is 10.2. The molecular formula is C7H5Cl2F2N. The summed E-state index contributed by atoms with van der Waals surface area (Å²) in [5, 5.41) is 0.0154. The van der Waals surface area contributed by atoms with E-state index >= 15 is 0 Å². The lowest BCUT2D eigenvalue weighted by molar-refractivity contribution is 0.146. The molecule has 0 saturated carbocycles. The second-order valence-corrected chi connectivity index (χ2v) is 3.03. The lowest BCUT2D eigenvalue weighted by Gasteiger charge is -2.04. The molecule has 0 aliphatic rings. The quantitative estimate of drug-likeness (QED) is 0.647. The fraction of sp³-hybridized carbons (Fsp3) is 0.286. The molecule has 66 valence electrons. The fourth-order valence-corrected chi connectivity index (χ4v) is 1.22. The SMILES string of the molecule is Cc1cc(Cl)nc(C(F)F)c1Cl. The second-order valence-electron chi connectivity index (χ2n) is 2.26. The molecular weight excluding hydrogens is 207 g/mol. The number of pyridine rings is 1. The van der Waals surface area contributed by atoms with Crippen LogP contribution in [-0.2, 0) is 0 Å². The highest BCUT2D eigenvalue weighted by molar-refractivity contribution is 6.33. The molecule has 0 fully saturated rings. The second kappa shape index (κ2) is 3.54. The van der Waals surface area contributed by atoms with Crippen molar-refractivity contribution in [1.82, 2.24) is 4.98 Å². The predicted molar refractivity (Wildman–Crippen MR) is 44.0 cm³/mol. The van der Waals surface area contributed by atoms with Gasteiger partial charge in [0.05, 0.1) is 5.02 Å². The van der Waals surface area contributed by atoms with Crippen LogP contribution in [0.3, 0.4) is 0 Å². The van der Waals surface area contributed by atoms with Gasteiger partial charge in [0, 0.05) is 0 Å². The highest BCUT2D eigenvalue weighted by Gasteiger charge is 2.16. The van der Waals surface area contributed by atoms with Gasteiger partial charge in [0.2, 0.25) is 0 Å². The fourth-order valence-electron chi connectivity index (χ4n) is 0.785. The van der Waals surface area contributed by atoms with Crippen LogP contribution in [-0.4, -0.2) is 4.98 Å². The highest BCUT2D eigenvalue weighted by atomic mass is 35.5.